The number of anilines is 2. The number of nitriles is 1. The summed E-state index contributed by atoms with van der Waals surface area (Å²) in [6.07, 6.45) is 1.46. The van der Waals surface area contributed by atoms with Crippen LogP contribution in [0.1, 0.15) is 5.56 Å². The molecule has 1 aromatic heterocycles. The lowest BCUT2D eigenvalue weighted by atomic mass is 10.2. The number of alkyl halides is 2. The molecule has 2 aromatic rings. The number of benzene rings is 1. The molecule has 0 atom stereocenters. The van der Waals surface area contributed by atoms with Gasteiger partial charge >= 0.3 is 6.61 Å². The van der Waals surface area contributed by atoms with Gasteiger partial charge in [0.05, 0.1) is 17.3 Å². The van der Waals surface area contributed by atoms with Crippen LogP contribution in [0.2, 0.25) is 0 Å². The van der Waals surface area contributed by atoms with E-state index < -0.39 is 6.61 Å². The van der Waals surface area contributed by atoms with Crippen molar-refractivity contribution in [2.45, 2.75) is 6.61 Å². The monoisotopic (exact) mass is 261 g/mol. The lowest BCUT2D eigenvalue weighted by molar-refractivity contribution is -0.0493. The highest BCUT2D eigenvalue weighted by Crippen LogP contribution is 2.28. The predicted octanol–water partition coefficient (Wildman–Crippen LogP) is 3.30. The first-order valence-corrected chi connectivity index (χ1v) is 5.36. The van der Waals surface area contributed by atoms with E-state index in [2.05, 4.69) is 15.0 Å². The molecule has 0 bridgehead atoms. The molecule has 0 radical (unpaired) electrons. The molecule has 6 heteroatoms. The molecule has 19 heavy (non-hydrogen) atoms. The van der Waals surface area contributed by atoms with Crippen LogP contribution in [-0.4, -0.2) is 11.6 Å². The minimum atomic E-state index is -2.90. The van der Waals surface area contributed by atoms with Crippen LogP contribution in [0, 0.1) is 11.3 Å². The zero-order valence-electron chi connectivity index (χ0n) is 9.68. The fourth-order valence-electron chi connectivity index (χ4n) is 1.48. The van der Waals surface area contributed by atoms with Crippen molar-refractivity contribution in [2.24, 2.45) is 0 Å². The van der Waals surface area contributed by atoms with Gasteiger partial charge in [-0.2, -0.15) is 14.0 Å². The van der Waals surface area contributed by atoms with Crippen LogP contribution in [0.15, 0.2) is 42.6 Å². The number of rotatable bonds is 4. The Morgan fingerprint density at radius 1 is 1.26 bits per heavy atom. The number of nitrogens with zero attached hydrogens (tertiary/aromatic N) is 2. The summed E-state index contributed by atoms with van der Waals surface area (Å²) in [5.41, 5.74) is 0.773. The van der Waals surface area contributed by atoms with Crippen molar-refractivity contribution in [1.29, 1.82) is 5.26 Å². The number of nitrogens with one attached hydrogen (secondary N) is 1. The van der Waals surface area contributed by atoms with Crippen LogP contribution in [-0.2, 0) is 0 Å². The first-order chi connectivity index (χ1) is 9.19. The number of ether oxygens (including phenoxy) is 1. The molecule has 0 saturated carbocycles. The maximum absolute atomic E-state index is 12.2. The minimum absolute atomic E-state index is 0.0154. The van der Waals surface area contributed by atoms with Gasteiger partial charge in [-0.05, 0) is 24.3 Å². The lowest BCUT2D eigenvalue weighted by Gasteiger charge is -2.11. The van der Waals surface area contributed by atoms with Gasteiger partial charge in [0.2, 0.25) is 0 Å². The Morgan fingerprint density at radius 3 is 2.79 bits per heavy atom. The van der Waals surface area contributed by atoms with Crippen molar-refractivity contribution in [3.8, 4) is 11.8 Å². The molecule has 0 aliphatic carbocycles. The molecule has 1 heterocycles. The van der Waals surface area contributed by atoms with E-state index in [1.807, 2.05) is 6.07 Å². The number of para-hydroxylation sites is 2. The summed E-state index contributed by atoms with van der Waals surface area (Å²) in [6.45, 7) is -2.90. The van der Waals surface area contributed by atoms with Crippen LogP contribution >= 0.6 is 0 Å². The summed E-state index contributed by atoms with van der Waals surface area (Å²) in [7, 11) is 0. The van der Waals surface area contributed by atoms with Gasteiger partial charge in [0.25, 0.3) is 0 Å². The zero-order valence-corrected chi connectivity index (χ0v) is 9.68. The van der Waals surface area contributed by atoms with Gasteiger partial charge in [-0.3, -0.25) is 0 Å². The summed E-state index contributed by atoms with van der Waals surface area (Å²) < 4.78 is 28.9. The maximum atomic E-state index is 12.2. The smallest absolute Gasteiger partial charge is 0.387 e. The van der Waals surface area contributed by atoms with Crippen LogP contribution < -0.4 is 10.1 Å². The fraction of sp³-hybridized carbons (Fsp3) is 0.0769. The van der Waals surface area contributed by atoms with E-state index in [1.54, 1.807) is 24.3 Å². The third kappa shape index (κ3) is 3.39. The Bertz CT molecular complexity index is 611. The molecule has 0 aliphatic heterocycles. The van der Waals surface area contributed by atoms with Crippen LogP contribution in [0.25, 0.3) is 0 Å². The van der Waals surface area contributed by atoms with Crippen molar-refractivity contribution in [1.82, 2.24) is 4.98 Å². The average Bonchev–Trinajstić information content (AvgIpc) is 2.41. The highest BCUT2D eigenvalue weighted by Gasteiger charge is 2.09. The van der Waals surface area contributed by atoms with Gasteiger partial charge in [-0.25, -0.2) is 4.98 Å². The number of aromatic nitrogens is 1. The molecule has 1 N–H and O–H groups in total. The third-order valence-electron chi connectivity index (χ3n) is 2.25. The second-order valence-corrected chi connectivity index (χ2v) is 3.54. The standard InChI is InChI=1S/C13H9F2N3O/c14-13(15)19-11-4-2-1-3-10(11)18-12-7-9(8-16)5-6-17-12/h1-7,13H,(H,17,18). The Morgan fingerprint density at radius 2 is 2.05 bits per heavy atom. The molecule has 0 amide bonds. The van der Waals surface area contributed by atoms with E-state index in [-0.39, 0.29) is 5.75 Å². The number of pyridine rings is 1. The molecule has 4 nitrogen and oxygen atoms in total. The minimum Gasteiger partial charge on any atom is -0.433 e. The van der Waals surface area contributed by atoms with E-state index >= 15 is 0 Å². The van der Waals surface area contributed by atoms with Crippen LogP contribution in [0.4, 0.5) is 20.3 Å². The van der Waals surface area contributed by atoms with E-state index in [9.17, 15) is 8.78 Å². The lowest BCUT2D eigenvalue weighted by Crippen LogP contribution is -2.04. The summed E-state index contributed by atoms with van der Waals surface area (Å²) in [5, 5.41) is 11.6. The van der Waals surface area contributed by atoms with E-state index in [0.717, 1.165) is 0 Å². The topological polar surface area (TPSA) is 57.9 Å². The number of hydrogen-bond donors (Lipinski definition) is 1. The van der Waals surface area contributed by atoms with E-state index in [0.29, 0.717) is 17.1 Å². The first-order valence-electron chi connectivity index (χ1n) is 5.36. The molecule has 0 saturated heterocycles. The SMILES string of the molecule is N#Cc1ccnc(Nc2ccccc2OC(F)F)c1. The van der Waals surface area contributed by atoms with Crippen molar-refractivity contribution >= 4 is 11.5 Å². The zero-order chi connectivity index (χ0) is 13.7. The second-order valence-electron chi connectivity index (χ2n) is 3.54. The van der Waals surface area contributed by atoms with E-state index in [4.69, 9.17) is 5.26 Å². The highest BCUT2D eigenvalue weighted by molar-refractivity contribution is 5.64. The first kappa shape index (κ1) is 12.8. The summed E-state index contributed by atoms with van der Waals surface area (Å²) in [5.74, 6) is 0.394. The summed E-state index contributed by atoms with van der Waals surface area (Å²) in [4.78, 5) is 4.00. The van der Waals surface area contributed by atoms with Gasteiger partial charge in [0.15, 0.2) is 0 Å². The molecule has 96 valence electrons. The summed E-state index contributed by atoms with van der Waals surface area (Å²) >= 11 is 0. The van der Waals surface area contributed by atoms with Crippen LogP contribution in [0.5, 0.6) is 5.75 Å². The molecule has 0 fully saturated rings. The maximum Gasteiger partial charge on any atom is 0.387 e. The van der Waals surface area contributed by atoms with Gasteiger partial charge in [-0.15, -0.1) is 0 Å². The van der Waals surface area contributed by atoms with Crippen molar-refractivity contribution in [3.63, 3.8) is 0 Å². The van der Waals surface area contributed by atoms with E-state index in [1.165, 1.54) is 18.3 Å². The van der Waals surface area contributed by atoms with Gasteiger partial charge in [0.1, 0.15) is 11.6 Å². The van der Waals surface area contributed by atoms with Crippen molar-refractivity contribution < 1.29 is 13.5 Å². The van der Waals surface area contributed by atoms with Gasteiger partial charge < -0.3 is 10.1 Å². The predicted molar refractivity (Wildman–Crippen MR) is 65.3 cm³/mol. The van der Waals surface area contributed by atoms with Crippen molar-refractivity contribution in [3.05, 3.63) is 48.2 Å². The van der Waals surface area contributed by atoms with Gasteiger partial charge in [-0.1, -0.05) is 12.1 Å². The fourth-order valence-corrected chi connectivity index (χ4v) is 1.48. The molecule has 2 rings (SSSR count). The Balaban J connectivity index is 2.25. The highest BCUT2D eigenvalue weighted by atomic mass is 19.3. The van der Waals surface area contributed by atoms with Crippen LogP contribution in [0.3, 0.4) is 0 Å². The molecule has 0 spiro atoms. The van der Waals surface area contributed by atoms with Crippen molar-refractivity contribution in [2.75, 3.05) is 5.32 Å². The third-order valence-corrected chi connectivity index (χ3v) is 2.25. The quantitative estimate of drug-likeness (QED) is 0.917. The molecular weight excluding hydrogens is 252 g/mol. The normalized spacial score (nSPS) is 10.0. The largest absolute Gasteiger partial charge is 0.433 e. The number of hydrogen-bond acceptors (Lipinski definition) is 4. The Kier molecular flexibility index (Phi) is 3.88. The van der Waals surface area contributed by atoms with Gasteiger partial charge in [0, 0.05) is 6.20 Å². The second kappa shape index (κ2) is 5.78. The molecule has 1 aromatic carbocycles. The average molecular weight is 261 g/mol. The number of halogens is 2. The molecule has 0 unspecified atom stereocenters. The molecular formula is C13H9F2N3O. The molecule has 0 aliphatic rings. The Hall–Kier alpha value is -2.68. The summed E-state index contributed by atoms with van der Waals surface area (Å²) in [6, 6.07) is 11.3. The Labute approximate surface area is 108 Å².